The first kappa shape index (κ1) is 32.4. The molecule has 6 atom stereocenters. The van der Waals surface area contributed by atoms with E-state index < -0.39 is 5.60 Å². The molecule has 0 radical (unpaired) electrons. The van der Waals surface area contributed by atoms with Gasteiger partial charge in [0.2, 0.25) is 0 Å². The van der Waals surface area contributed by atoms with Crippen LogP contribution < -0.4 is 14.4 Å². The van der Waals surface area contributed by atoms with Crippen molar-refractivity contribution in [1.29, 1.82) is 0 Å². The number of benzene rings is 2. The fraction of sp³-hybridized carbons (Fsp3) is 0.556. The molecule has 1 N–H and O–H groups in total. The molecule has 2 aliphatic heterocycles. The van der Waals surface area contributed by atoms with E-state index >= 15 is 0 Å². The summed E-state index contributed by atoms with van der Waals surface area (Å²) in [5.41, 5.74) is 2.94. The van der Waals surface area contributed by atoms with Crippen molar-refractivity contribution in [3.05, 3.63) is 70.3 Å². The van der Waals surface area contributed by atoms with Crippen molar-refractivity contribution >= 4 is 41.4 Å². The van der Waals surface area contributed by atoms with Crippen LogP contribution in [0.1, 0.15) is 66.9 Å². The Labute approximate surface area is 276 Å². The number of anilines is 1. The molecule has 45 heavy (non-hydrogen) atoms. The molecule has 9 heteroatoms. The zero-order valence-electron chi connectivity index (χ0n) is 26.6. The van der Waals surface area contributed by atoms with Gasteiger partial charge in [0.15, 0.2) is 6.29 Å². The van der Waals surface area contributed by atoms with E-state index in [1.54, 1.807) is 14.2 Å². The van der Waals surface area contributed by atoms with Gasteiger partial charge in [0.05, 0.1) is 12.3 Å². The van der Waals surface area contributed by atoms with Crippen molar-refractivity contribution < 1.29 is 23.8 Å². The van der Waals surface area contributed by atoms with Crippen LogP contribution >= 0.6 is 23.5 Å². The monoisotopic (exact) mass is 652 g/mol. The Morgan fingerprint density at radius 3 is 2.82 bits per heavy atom. The number of nitrogens with one attached hydrogen (secondary N) is 1. The molecule has 2 aliphatic carbocycles. The Kier molecular flexibility index (Phi) is 9.86. The van der Waals surface area contributed by atoms with Crippen molar-refractivity contribution in [2.75, 3.05) is 45.4 Å². The molecular formula is C36H45ClN2O5S. The predicted octanol–water partition coefficient (Wildman–Crippen LogP) is 6.80. The Hall–Kier alpha value is -2.52. The van der Waals surface area contributed by atoms with E-state index in [1.165, 1.54) is 23.1 Å². The molecule has 2 aromatic carbocycles. The molecule has 4 unspecified atom stereocenters. The highest BCUT2D eigenvalue weighted by Gasteiger charge is 2.49. The highest BCUT2D eigenvalue weighted by atomic mass is 35.5. The maximum absolute atomic E-state index is 13.6. The summed E-state index contributed by atoms with van der Waals surface area (Å²) in [7, 11) is 3.35. The second-order valence-corrected chi connectivity index (χ2v) is 14.9. The molecule has 4 aliphatic rings. The summed E-state index contributed by atoms with van der Waals surface area (Å²) in [6.07, 6.45) is 11.7. The smallest absolute Gasteiger partial charge is 0.261 e. The first-order chi connectivity index (χ1) is 21.8. The van der Waals surface area contributed by atoms with E-state index in [-0.39, 0.29) is 34.3 Å². The molecule has 2 heterocycles. The van der Waals surface area contributed by atoms with Gasteiger partial charge in [0, 0.05) is 61.1 Å². The molecule has 1 spiro atoms. The normalized spacial score (nSPS) is 32.3. The summed E-state index contributed by atoms with van der Waals surface area (Å²) in [6, 6.07) is 12.1. The summed E-state index contributed by atoms with van der Waals surface area (Å²) in [5.74, 6) is 1.22. The van der Waals surface area contributed by atoms with Crippen LogP contribution in [0.2, 0.25) is 5.02 Å². The molecule has 1 fully saturated rings. The number of aldehydes is 1. The lowest BCUT2D eigenvalue weighted by molar-refractivity contribution is -0.135. The third-order valence-electron chi connectivity index (χ3n) is 10.7. The van der Waals surface area contributed by atoms with Crippen LogP contribution in [0.25, 0.3) is 0 Å². The van der Waals surface area contributed by atoms with E-state index in [0.717, 1.165) is 80.8 Å². The van der Waals surface area contributed by atoms with Crippen LogP contribution in [0.4, 0.5) is 5.69 Å². The summed E-state index contributed by atoms with van der Waals surface area (Å²) in [5, 5.41) is 0.896. The van der Waals surface area contributed by atoms with Gasteiger partial charge in [-0.25, -0.2) is 0 Å². The third-order valence-corrected chi connectivity index (χ3v) is 12.3. The first-order valence-electron chi connectivity index (χ1n) is 16.3. The number of halogens is 1. The molecule has 7 nitrogen and oxygen atoms in total. The summed E-state index contributed by atoms with van der Waals surface area (Å²) >= 11 is 7.90. The highest BCUT2D eigenvalue weighted by molar-refractivity contribution is 7.98. The largest absolute Gasteiger partial charge is 0.490 e. The zero-order chi connectivity index (χ0) is 31.6. The minimum Gasteiger partial charge on any atom is -0.490 e. The molecule has 0 aromatic heterocycles. The van der Waals surface area contributed by atoms with Gasteiger partial charge in [-0.05, 0) is 116 Å². The van der Waals surface area contributed by atoms with Crippen LogP contribution in [0.3, 0.4) is 0 Å². The number of allylic oxidation sites excluding steroid dienone is 1. The van der Waals surface area contributed by atoms with Crippen LogP contribution in [-0.2, 0) is 26.1 Å². The maximum atomic E-state index is 13.6. The fourth-order valence-electron chi connectivity index (χ4n) is 7.94. The number of fused-ring (bicyclic) bond motifs is 4. The summed E-state index contributed by atoms with van der Waals surface area (Å²) < 4.78 is 21.2. The molecule has 6 rings (SSSR count). The van der Waals surface area contributed by atoms with Crippen molar-refractivity contribution in [1.82, 2.24) is 4.72 Å². The van der Waals surface area contributed by atoms with Crippen LogP contribution in [0.5, 0.6) is 5.75 Å². The van der Waals surface area contributed by atoms with Crippen molar-refractivity contribution in [2.45, 2.75) is 68.1 Å². The van der Waals surface area contributed by atoms with E-state index in [9.17, 15) is 9.59 Å². The minimum absolute atomic E-state index is 0.0608. The number of hydrogen-bond acceptors (Lipinski definition) is 7. The van der Waals surface area contributed by atoms with Crippen LogP contribution in [-0.4, -0.2) is 63.6 Å². The lowest BCUT2D eigenvalue weighted by atomic mass is 9.64. The second kappa shape index (κ2) is 13.7. The number of carbonyl (C=O) groups is 2. The van der Waals surface area contributed by atoms with Crippen molar-refractivity contribution in [3.63, 3.8) is 0 Å². The van der Waals surface area contributed by atoms with E-state index in [0.29, 0.717) is 18.8 Å². The number of amides is 1. The van der Waals surface area contributed by atoms with Crippen molar-refractivity contribution in [3.8, 4) is 5.75 Å². The van der Waals surface area contributed by atoms with Gasteiger partial charge in [-0.15, -0.1) is 0 Å². The molecule has 242 valence electrons. The lowest BCUT2D eigenvalue weighted by Crippen LogP contribution is -2.53. The Morgan fingerprint density at radius 1 is 1.20 bits per heavy atom. The topological polar surface area (TPSA) is 77.1 Å². The first-order valence-corrected chi connectivity index (χ1v) is 17.5. The molecule has 0 saturated heterocycles. The highest BCUT2D eigenvalue weighted by Crippen LogP contribution is 2.48. The van der Waals surface area contributed by atoms with Gasteiger partial charge in [0.25, 0.3) is 5.91 Å². The van der Waals surface area contributed by atoms with Gasteiger partial charge in [-0.2, -0.15) is 0 Å². The van der Waals surface area contributed by atoms with E-state index in [2.05, 4.69) is 34.8 Å². The van der Waals surface area contributed by atoms with E-state index in [4.69, 9.17) is 25.8 Å². The van der Waals surface area contributed by atoms with Gasteiger partial charge in [-0.3, -0.25) is 14.3 Å². The Morgan fingerprint density at radius 2 is 2.07 bits per heavy atom. The van der Waals surface area contributed by atoms with Gasteiger partial charge < -0.3 is 19.1 Å². The summed E-state index contributed by atoms with van der Waals surface area (Å²) in [4.78, 5) is 28.8. The number of rotatable bonds is 5. The van der Waals surface area contributed by atoms with Crippen LogP contribution in [0.15, 0.2) is 48.6 Å². The van der Waals surface area contributed by atoms with Gasteiger partial charge >= 0.3 is 0 Å². The number of ether oxygens (including phenoxy) is 3. The number of aryl methyl sites for hydroxylation is 1. The fourth-order valence-corrected chi connectivity index (χ4v) is 9.07. The SMILES string of the molecule is COCCC1SNC(=O)c2ccc3c(c2)N(CC2CCC2[C@](C=O)(OC)/C=C/CC1C)C[C@@]1(CCCc2cc(Cl)ccc21)CO3. The third kappa shape index (κ3) is 6.40. The predicted molar refractivity (Wildman–Crippen MR) is 180 cm³/mol. The minimum atomic E-state index is -0.970. The molecule has 1 amide bonds. The quantitative estimate of drug-likeness (QED) is 0.216. The number of methoxy groups -OCH3 is 2. The number of hydrogen-bond donors (Lipinski definition) is 1. The number of carbonyl (C=O) groups excluding carboxylic acids is 2. The molecule has 1 saturated carbocycles. The summed E-state index contributed by atoms with van der Waals surface area (Å²) in [6.45, 7) is 4.83. The Balaban J connectivity index is 1.41. The van der Waals surface area contributed by atoms with Crippen molar-refractivity contribution in [2.24, 2.45) is 17.8 Å². The average Bonchev–Trinajstić information content (AvgIpc) is 3.18. The zero-order valence-corrected chi connectivity index (χ0v) is 28.1. The Bertz CT molecular complexity index is 1440. The second-order valence-electron chi connectivity index (χ2n) is 13.4. The maximum Gasteiger partial charge on any atom is 0.261 e. The standard InChI is InChI=1S/C36H45ClN2O5S/c1-24-6-4-16-36(22-40,43-3)30-11-8-27(30)20-39-21-35(15-5-7-25-18-28(37)10-12-29(25)35)23-44-32-13-9-26(19-31(32)39)34(41)38-45-33(24)14-17-42-2/h4,9-10,12-13,16,18-19,22,24,27,30,33H,5-8,11,14-15,17,20-21,23H2,1-3H3,(H,38,41)/b16-4+/t24?,27?,30?,33?,35-,36-/m0/s1. The molecular weight excluding hydrogens is 608 g/mol. The number of nitrogens with zero attached hydrogens (tertiary/aromatic N) is 1. The van der Waals surface area contributed by atoms with Crippen LogP contribution in [0, 0.1) is 17.8 Å². The lowest BCUT2D eigenvalue weighted by Gasteiger charge is -2.48. The van der Waals surface area contributed by atoms with Gasteiger partial charge in [0.1, 0.15) is 11.4 Å². The molecule has 2 aromatic rings. The van der Waals surface area contributed by atoms with Gasteiger partial charge in [-0.1, -0.05) is 30.7 Å². The average molecular weight is 653 g/mol. The molecule has 2 bridgehead atoms. The van der Waals surface area contributed by atoms with E-state index in [1.807, 2.05) is 30.3 Å².